The number of hydrogen-bond donors (Lipinski definition) is 2. The van der Waals surface area contributed by atoms with Gasteiger partial charge >= 0.3 is 0 Å². The van der Waals surface area contributed by atoms with Crippen molar-refractivity contribution in [1.29, 1.82) is 0 Å². The Bertz CT molecular complexity index is 1420. The zero-order chi connectivity index (χ0) is 30.2. The molecule has 0 spiro atoms. The number of anilines is 1. The maximum absolute atomic E-state index is 13.9. The summed E-state index contributed by atoms with van der Waals surface area (Å²) in [5.41, 5.74) is -0.0279. The Kier molecular flexibility index (Phi) is 9.80. The first-order valence-corrected chi connectivity index (χ1v) is 14.5. The van der Waals surface area contributed by atoms with E-state index in [-0.39, 0.29) is 11.5 Å². The summed E-state index contributed by atoms with van der Waals surface area (Å²) in [5.74, 6) is 0.261. The van der Waals surface area contributed by atoms with E-state index in [0.717, 1.165) is 44.2 Å². The third kappa shape index (κ3) is 7.27. The Morgan fingerprint density at radius 3 is 2.47 bits per heavy atom. The van der Waals surface area contributed by atoms with Crippen molar-refractivity contribution in [2.45, 2.75) is 18.4 Å². The number of morpholine rings is 1. The predicted molar refractivity (Wildman–Crippen MR) is 162 cm³/mol. The van der Waals surface area contributed by atoms with Gasteiger partial charge in [0.05, 0.1) is 32.9 Å². The minimum atomic E-state index is -1.48. The number of halogens is 1. The lowest BCUT2D eigenvalue weighted by Crippen LogP contribution is -2.50. The standard InChI is InChI=1S/C31H34FN5O5S/c1-40-26-10-11-27(33-21-26)34-28(38)20-31(23-4-6-24(32)7-5-23)29(39)35-30(43)37(31)13-12-22-2-8-25(9-3-22)42-19-16-36-14-17-41-18-15-36/h2-11,21H,12-20H2,1H3,(H,33,34,38)(H,35,39,43). The monoisotopic (exact) mass is 607 g/mol. The van der Waals surface area contributed by atoms with Crippen LogP contribution in [0.4, 0.5) is 10.2 Å². The highest BCUT2D eigenvalue weighted by molar-refractivity contribution is 7.80. The molecule has 0 saturated carbocycles. The molecule has 3 aromatic rings. The molecule has 43 heavy (non-hydrogen) atoms. The summed E-state index contributed by atoms with van der Waals surface area (Å²) in [7, 11) is 1.52. The average molecular weight is 608 g/mol. The number of nitrogens with zero attached hydrogens (tertiary/aromatic N) is 3. The van der Waals surface area contributed by atoms with Gasteiger partial charge in [-0.05, 0) is 66.2 Å². The highest BCUT2D eigenvalue weighted by Crippen LogP contribution is 2.37. The van der Waals surface area contributed by atoms with E-state index in [2.05, 4.69) is 20.5 Å². The molecular formula is C31H34FN5O5S. The summed E-state index contributed by atoms with van der Waals surface area (Å²) in [6, 6.07) is 16.6. The van der Waals surface area contributed by atoms with Gasteiger partial charge in [-0.15, -0.1) is 0 Å². The van der Waals surface area contributed by atoms with E-state index >= 15 is 0 Å². The fraction of sp³-hybridized carbons (Fsp3) is 0.355. The average Bonchev–Trinajstić information content (AvgIpc) is 3.26. The number of hydrogen-bond acceptors (Lipinski definition) is 8. The zero-order valence-corrected chi connectivity index (χ0v) is 24.7. The van der Waals surface area contributed by atoms with Gasteiger partial charge in [0.2, 0.25) is 5.91 Å². The second kappa shape index (κ2) is 13.9. The molecule has 2 fully saturated rings. The van der Waals surface area contributed by atoms with E-state index in [1.165, 1.54) is 37.6 Å². The van der Waals surface area contributed by atoms with Gasteiger partial charge in [-0.25, -0.2) is 9.37 Å². The second-order valence-electron chi connectivity index (χ2n) is 10.3. The van der Waals surface area contributed by atoms with Gasteiger partial charge in [-0.2, -0.15) is 0 Å². The fourth-order valence-electron chi connectivity index (χ4n) is 5.25. The quantitative estimate of drug-likeness (QED) is 0.301. The molecule has 5 rings (SSSR count). The zero-order valence-electron chi connectivity index (χ0n) is 23.9. The molecule has 1 unspecified atom stereocenters. The van der Waals surface area contributed by atoms with Crippen LogP contribution in [0.1, 0.15) is 17.5 Å². The van der Waals surface area contributed by atoms with Gasteiger partial charge in [-0.3, -0.25) is 14.5 Å². The number of pyridine rings is 1. The number of rotatable bonds is 12. The molecule has 0 aliphatic carbocycles. The number of thiocarbonyl (C=S) groups is 1. The SMILES string of the molecule is COc1ccc(NC(=O)CC2(c3ccc(F)cc3)C(=O)NC(=S)N2CCc2ccc(OCCN3CCOCC3)cc2)nc1. The molecule has 2 saturated heterocycles. The van der Waals surface area contributed by atoms with Gasteiger partial charge < -0.3 is 29.7 Å². The molecule has 2 aliphatic rings. The van der Waals surface area contributed by atoms with Crippen molar-refractivity contribution in [2.24, 2.45) is 0 Å². The van der Waals surface area contributed by atoms with Gasteiger partial charge in [0.1, 0.15) is 29.7 Å². The van der Waals surface area contributed by atoms with Crippen LogP contribution in [0.5, 0.6) is 11.5 Å². The van der Waals surface area contributed by atoms with E-state index in [9.17, 15) is 14.0 Å². The molecule has 1 aromatic heterocycles. The molecule has 1 atom stereocenters. The Morgan fingerprint density at radius 1 is 1.07 bits per heavy atom. The second-order valence-corrected chi connectivity index (χ2v) is 10.7. The van der Waals surface area contributed by atoms with Crippen molar-refractivity contribution in [2.75, 3.05) is 58.4 Å². The molecule has 2 amide bonds. The van der Waals surface area contributed by atoms with Gasteiger partial charge in [0, 0.05) is 26.2 Å². The number of carbonyl (C=O) groups is 2. The topological polar surface area (TPSA) is 105 Å². The summed E-state index contributed by atoms with van der Waals surface area (Å²) in [4.78, 5) is 35.1. The van der Waals surface area contributed by atoms with Gasteiger partial charge in [0.25, 0.3) is 5.91 Å². The first kappa shape index (κ1) is 30.3. The number of benzene rings is 2. The van der Waals surface area contributed by atoms with Crippen molar-refractivity contribution >= 4 is 35.0 Å². The lowest BCUT2D eigenvalue weighted by atomic mass is 9.84. The Hall–Kier alpha value is -4.13. The summed E-state index contributed by atoms with van der Waals surface area (Å²) in [6.07, 6.45) is 1.75. The molecule has 0 radical (unpaired) electrons. The Labute approximate surface area is 255 Å². The number of methoxy groups -OCH3 is 1. The third-order valence-corrected chi connectivity index (χ3v) is 7.93. The number of ether oxygens (including phenoxy) is 3. The van der Waals surface area contributed by atoms with Gasteiger partial charge in [0.15, 0.2) is 10.7 Å². The maximum atomic E-state index is 13.9. The molecular weight excluding hydrogens is 573 g/mol. The lowest BCUT2D eigenvalue weighted by molar-refractivity contribution is -0.131. The molecule has 2 aromatic carbocycles. The highest BCUT2D eigenvalue weighted by atomic mass is 32.1. The van der Waals surface area contributed by atoms with Crippen molar-refractivity contribution in [3.8, 4) is 11.5 Å². The minimum Gasteiger partial charge on any atom is -0.495 e. The van der Waals surface area contributed by atoms with Crippen molar-refractivity contribution in [1.82, 2.24) is 20.1 Å². The maximum Gasteiger partial charge on any atom is 0.257 e. The van der Waals surface area contributed by atoms with Crippen LogP contribution in [0, 0.1) is 5.82 Å². The minimum absolute atomic E-state index is 0.202. The molecule has 12 heteroatoms. The van der Waals surface area contributed by atoms with E-state index in [1.54, 1.807) is 17.0 Å². The third-order valence-electron chi connectivity index (χ3n) is 7.61. The first-order chi connectivity index (χ1) is 20.9. The van der Waals surface area contributed by atoms with Crippen LogP contribution in [0.15, 0.2) is 66.9 Å². The summed E-state index contributed by atoms with van der Waals surface area (Å²) in [5, 5.41) is 5.68. The number of nitrogens with one attached hydrogen (secondary N) is 2. The Morgan fingerprint density at radius 2 is 1.79 bits per heavy atom. The predicted octanol–water partition coefficient (Wildman–Crippen LogP) is 3.12. The summed E-state index contributed by atoms with van der Waals surface area (Å²) in [6.45, 7) is 5.09. The van der Waals surface area contributed by atoms with Crippen LogP contribution in [0.3, 0.4) is 0 Å². The number of amides is 2. The smallest absolute Gasteiger partial charge is 0.257 e. The molecule has 226 valence electrons. The van der Waals surface area contributed by atoms with Crippen LogP contribution in [0.25, 0.3) is 0 Å². The molecule has 10 nitrogen and oxygen atoms in total. The van der Waals surface area contributed by atoms with Crippen LogP contribution in [-0.4, -0.2) is 84.8 Å². The molecule has 0 bridgehead atoms. The lowest BCUT2D eigenvalue weighted by Gasteiger charge is -2.36. The fourth-order valence-corrected chi connectivity index (χ4v) is 5.59. The highest BCUT2D eigenvalue weighted by Gasteiger charge is 2.53. The van der Waals surface area contributed by atoms with Crippen LogP contribution >= 0.6 is 12.2 Å². The molecule has 2 N–H and O–H groups in total. The van der Waals surface area contributed by atoms with Crippen molar-refractivity contribution < 1.29 is 28.2 Å². The van der Waals surface area contributed by atoms with Crippen molar-refractivity contribution in [3.05, 3.63) is 83.8 Å². The normalized spacial score (nSPS) is 18.8. The first-order valence-electron chi connectivity index (χ1n) is 14.1. The van der Waals surface area contributed by atoms with Crippen LogP contribution in [0.2, 0.25) is 0 Å². The molecule has 3 heterocycles. The number of carbonyl (C=O) groups excluding carboxylic acids is 2. The number of aromatic nitrogens is 1. The Balaban J connectivity index is 1.29. The van der Waals surface area contributed by atoms with E-state index in [4.69, 9.17) is 26.4 Å². The van der Waals surface area contributed by atoms with Crippen LogP contribution in [-0.2, 0) is 26.3 Å². The van der Waals surface area contributed by atoms with E-state index in [0.29, 0.717) is 36.7 Å². The van der Waals surface area contributed by atoms with Crippen molar-refractivity contribution in [3.63, 3.8) is 0 Å². The summed E-state index contributed by atoms with van der Waals surface area (Å²) < 4.78 is 30.3. The van der Waals surface area contributed by atoms with Gasteiger partial charge in [-0.1, -0.05) is 24.3 Å². The van der Waals surface area contributed by atoms with E-state index < -0.39 is 23.2 Å². The van der Waals surface area contributed by atoms with E-state index in [1.807, 2.05) is 24.3 Å². The van der Waals surface area contributed by atoms with Crippen LogP contribution < -0.4 is 20.1 Å². The summed E-state index contributed by atoms with van der Waals surface area (Å²) >= 11 is 5.57. The largest absolute Gasteiger partial charge is 0.495 e. The molecule has 2 aliphatic heterocycles.